The van der Waals surface area contributed by atoms with E-state index in [0.29, 0.717) is 74.0 Å². The Hall–Kier alpha value is -6.39. The Balaban J connectivity index is 0.000000193. The van der Waals surface area contributed by atoms with E-state index in [-0.39, 0.29) is 41.9 Å². The zero-order valence-corrected chi connectivity index (χ0v) is 46.4. The number of para-hydroxylation sites is 2. The minimum Gasteiger partial charge on any atom is -0.444 e. The molecule has 0 unspecified atom stereocenters. The molecule has 0 radical (unpaired) electrons. The Morgan fingerprint density at radius 2 is 1.00 bits per heavy atom. The summed E-state index contributed by atoms with van der Waals surface area (Å²) >= 11 is 0. The van der Waals surface area contributed by atoms with Gasteiger partial charge in [0.25, 0.3) is 0 Å². The number of ketones is 2. The van der Waals surface area contributed by atoms with Crippen molar-refractivity contribution >= 4 is 52.3 Å². The third-order valence-electron chi connectivity index (χ3n) is 17.0. The molecule has 0 bridgehead atoms. The molecule has 79 heavy (non-hydrogen) atoms. The quantitative estimate of drug-likeness (QED) is 0.0286. The molecule has 1 amide bonds. The summed E-state index contributed by atoms with van der Waals surface area (Å²) in [5, 5.41) is 0. The summed E-state index contributed by atoms with van der Waals surface area (Å²) in [5.74, 6) is -0.190. The summed E-state index contributed by atoms with van der Waals surface area (Å²) in [6.07, 6.45) is 13.2. The Kier molecular flexibility index (Phi) is 20.1. The SMILES string of the molecule is CCCCCC(=O)OCN1CCN2c3c(cccc31)[C@@H]1CN(CCCC(=O)c3ccc(F)cc3)CC[C@@H]12.CCCCCCCC(=O)OCOC(=O)N1CCN2c3c(cccc31)[C@@H]1CN(CCCC(=O)c3ccc(F)cc3)CC[C@@H]12. The van der Waals surface area contributed by atoms with E-state index in [4.69, 9.17) is 14.2 Å². The number of nitrogens with zero attached hydrogens (tertiary/aromatic N) is 6. The van der Waals surface area contributed by atoms with Crippen molar-refractivity contribution in [1.29, 1.82) is 0 Å². The maximum atomic E-state index is 13.2. The Morgan fingerprint density at radius 3 is 1.57 bits per heavy atom. The molecule has 4 aromatic rings. The van der Waals surface area contributed by atoms with Crippen LogP contribution in [0.2, 0.25) is 0 Å². The number of ether oxygens (including phenoxy) is 3. The molecule has 16 heteroatoms. The van der Waals surface area contributed by atoms with Crippen LogP contribution in [0.4, 0.5) is 36.3 Å². The number of hydrogen-bond donors (Lipinski definition) is 0. The minimum absolute atomic E-state index is 0.0435. The smallest absolute Gasteiger partial charge is 0.417 e. The first kappa shape index (κ1) is 57.3. The van der Waals surface area contributed by atoms with Gasteiger partial charge in [-0.25, -0.2) is 13.6 Å². The number of unbranched alkanes of at least 4 members (excludes halogenated alkanes) is 6. The molecule has 0 N–H and O–H groups in total. The Labute approximate surface area is 465 Å². The number of hydrogen-bond acceptors (Lipinski definition) is 13. The lowest BCUT2D eigenvalue weighted by atomic mass is 9.89. The second kappa shape index (κ2) is 27.7. The summed E-state index contributed by atoms with van der Waals surface area (Å²) in [6, 6.07) is 25.2. The molecule has 6 heterocycles. The first-order valence-electron chi connectivity index (χ1n) is 29.3. The van der Waals surface area contributed by atoms with Crippen LogP contribution in [0.1, 0.15) is 160 Å². The Morgan fingerprint density at radius 1 is 0.506 bits per heavy atom. The highest BCUT2D eigenvalue weighted by molar-refractivity contribution is 5.97. The van der Waals surface area contributed by atoms with Crippen LogP contribution < -0.4 is 19.6 Å². The average molecular weight is 1090 g/mol. The fourth-order valence-electron chi connectivity index (χ4n) is 12.9. The fraction of sp³-hybridized carbons (Fsp3) is 0.540. The number of esters is 2. The number of carbonyl (C=O) groups is 5. The number of carbonyl (C=O) groups excluding carboxylic acids is 5. The van der Waals surface area contributed by atoms with Gasteiger partial charge in [0.15, 0.2) is 18.3 Å². The molecule has 424 valence electrons. The predicted octanol–water partition coefficient (Wildman–Crippen LogP) is 11.7. The van der Waals surface area contributed by atoms with Crippen molar-refractivity contribution in [2.75, 3.05) is 98.6 Å². The maximum absolute atomic E-state index is 13.2. The van der Waals surface area contributed by atoms with Crippen molar-refractivity contribution in [2.45, 2.75) is 141 Å². The molecule has 4 atom stereocenters. The van der Waals surface area contributed by atoms with E-state index < -0.39 is 6.09 Å². The van der Waals surface area contributed by atoms with E-state index in [1.165, 1.54) is 53.2 Å². The molecule has 14 nitrogen and oxygen atoms in total. The van der Waals surface area contributed by atoms with E-state index in [9.17, 15) is 32.8 Å². The molecule has 0 spiro atoms. The molecule has 6 aliphatic rings. The van der Waals surface area contributed by atoms with Gasteiger partial charge < -0.3 is 38.7 Å². The highest BCUT2D eigenvalue weighted by atomic mass is 19.1. The normalized spacial score (nSPS) is 19.8. The number of rotatable bonds is 24. The van der Waals surface area contributed by atoms with E-state index in [1.807, 2.05) is 12.1 Å². The monoisotopic (exact) mass is 1090 g/mol. The molecule has 0 aromatic heterocycles. The van der Waals surface area contributed by atoms with Gasteiger partial charge in [0.1, 0.15) is 11.6 Å². The number of anilines is 4. The molecule has 0 aliphatic carbocycles. The number of amides is 1. The molecule has 10 rings (SSSR count). The van der Waals surface area contributed by atoms with Crippen LogP contribution in [-0.4, -0.2) is 130 Å². The van der Waals surface area contributed by atoms with Gasteiger partial charge in [-0.15, -0.1) is 0 Å². The second-order valence-corrected chi connectivity index (χ2v) is 22.1. The van der Waals surface area contributed by atoms with Gasteiger partial charge in [0, 0.05) is 113 Å². The van der Waals surface area contributed by atoms with E-state index in [2.05, 4.69) is 62.6 Å². The van der Waals surface area contributed by atoms with Gasteiger partial charge in [-0.3, -0.25) is 24.1 Å². The number of fused-ring (bicyclic) bond motifs is 6. The highest BCUT2D eigenvalue weighted by Gasteiger charge is 2.47. The third kappa shape index (κ3) is 14.1. The van der Waals surface area contributed by atoms with Gasteiger partial charge >= 0.3 is 18.0 Å². The van der Waals surface area contributed by atoms with Crippen molar-refractivity contribution in [2.24, 2.45) is 0 Å². The molecule has 6 aliphatic heterocycles. The van der Waals surface area contributed by atoms with Crippen molar-refractivity contribution in [3.05, 3.63) is 119 Å². The molecular weight excluding hydrogens is 1010 g/mol. The van der Waals surface area contributed by atoms with Gasteiger partial charge in [-0.2, -0.15) is 0 Å². The molecular formula is C63H80F2N6O8. The van der Waals surface area contributed by atoms with E-state index in [0.717, 1.165) is 141 Å². The van der Waals surface area contributed by atoms with Crippen molar-refractivity contribution in [1.82, 2.24) is 9.80 Å². The van der Waals surface area contributed by atoms with Gasteiger partial charge in [0.2, 0.25) is 6.79 Å². The van der Waals surface area contributed by atoms with Crippen LogP contribution in [0, 0.1) is 11.6 Å². The van der Waals surface area contributed by atoms with Crippen molar-refractivity contribution in [3.63, 3.8) is 0 Å². The van der Waals surface area contributed by atoms with Crippen LogP contribution in [0.3, 0.4) is 0 Å². The highest BCUT2D eigenvalue weighted by Crippen LogP contribution is 2.52. The standard InChI is InChI=1S/C33H42FN3O5.C30H38FN3O3/c1-2-3-4-5-6-12-31(39)41-23-42-33(40)37-21-20-36-28-17-19-35(22-27(28)26-9-7-10-29(37)32(26)36)18-8-11-30(38)24-13-15-25(34)16-14-24;1-2-3-4-10-29(36)37-21-33-18-19-34-26-15-17-32(20-25(26)24-7-5-8-27(33)30(24)34)16-6-9-28(35)22-11-13-23(31)14-12-22/h7,9-10,13-16,27-28H,2-6,8,11-12,17-23H2,1H3;5,7-8,11-14,25-26H,2-4,6,9-10,15-21H2,1H3/t27-,28-;25-,26-/m00/s1. The van der Waals surface area contributed by atoms with Crippen molar-refractivity contribution in [3.8, 4) is 0 Å². The topological polar surface area (TPSA) is 132 Å². The lowest BCUT2D eigenvalue weighted by molar-refractivity contribution is -0.152. The predicted molar refractivity (Wildman–Crippen MR) is 303 cm³/mol. The van der Waals surface area contributed by atoms with Crippen LogP contribution in [0.25, 0.3) is 0 Å². The van der Waals surface area contributed by atoms with Crippen LogP contribution in [-0.2, 0) is 23.8 Å². The summed E-state index contributed by atoms with van der Waals surface area (Å²) in [4.78, 5) is 76.0. The first-order valence-corrected chi connectivity index (χ1v) is 29.3. The number of piperidine rings is 2. The van der Waals surface area contributed by atoms with Crippen LogP contribution >= 0.6 is 0 Å². The number of benzene rings is 4. The zero-order valence-electron chi connectivity index (χ0n) is 46.4. The second-order valence-electron chi connectivity index (χ2n) is 22.1. The van der Waals surface area contributed by atoms with Crippen LogP contribution in [0.5, 0.6) is 0 Å². The van der Waals surface area contributed by atoms with Crippen molar-refractivity contribution < 1.29 is 47.0 Å². The average Bonchev–Trinajstić information content (AvgIpc) is 4.21. The number of likely N-dealkylation sites (tertiary alicyclic amines) is 2. The third-order valence-corrected chi connectivity index (χ3v) is 17.0. The summed E-state index contributed by atoms with van der Waals surface area (Å²) in [7, 11) is 0. The molecule has 4 aromatic carbocycles. The Bertz CT molecular complexity index is 2730. The molecule has 2 fully saturated rings. The van der Waals surface area contributed by atoms with E-state index >= 15 is 0 Å². The number of halogens is 2. The van der Waals surface area contributed by atoms with Crippen LogP contribution in [0.15, 0.2) is 84.9 Å². The van der Waals surface area contributed by atoms with Gasteiger partial charge in [0.05, 0.1) is 22.7 Å². The lowest BCUT2D eigenvalue weighted by Gasteiger charge is -2.42. The zero-order chi connectivity index (χ0) is 55.3. The van der Waals surface area contributed by atoms with Gasteiger partial charge in [-0.05, 0) is 123 Å². The maximum Gasteiger partial charge on any atom is 0.417 e. The number of Topliss-reactive ketones (excluding diaryl/α,β-unsaturated/α-hetero) is 2. The largest absolute Gasteiger partial charge is 0.444 e. The molecule has 0 saturated carbocycles. The lowest BCUT2D eigenvalue weighted by Crippen LogP contribution is -2.50. The summed E-state index contributed by atoms with van der Waals surface area (Å²) in [6.45, 7) is 12.9. The fourth-order valence-corrected chi connectivity index (χ4v) is 12.9. The summed E-state index contributed by atoms with van der Waals surface area (Å²) < 4.78 is 42.5. The minimum atomic E-state index is -0.499. The molecule has 2 saturated heterocycles. The van der Waals surface area contributed by atoms with E-state index in [1.54, 1.807) is 29.2 Å². The van der Waals surface area contributed by atoms with Gasteiger partial charge in [-0.1, -0.05) is 76.6 Å². The first-order chi connectivity index (χ1) is 38.5. The summed E-state index contributed by atoms with van der Waals surface area (Å²) in [5.41, 5.74) is 8.23.